The van der Waals surface area contributed by atoms with E-state index in [0.29, 0.717) is 22.6 Å². The summed E-state index contributed by atoms with van der Waals surface area (Å²) in [6, 6.07) is 5.54. The lowest BCUT2D eigenvalue weighted by molar-refractivity contribution is -0.0427. The molecule has 100 valence electrons. The molecule has 0 saturated heterocycles. The van der Waals surface area contributed by atoms with E-state index in [1.807, 2.05) is 12.1 Å². The Balaban J connectivity index is 2.02. The van der Waals surface area contributed by atoms with Crippen LogP contribution in [0.5, 0.6) is 0 Å². The molecule has 1 aromatic carbocycles. The van der Waals surface area contributed by atoms with Gasteiger partial charge in [0.2, 0.25) is 0 Å². The lowest BCUT2D eigenvalue weighted by Crippen LogP contribution is -2.38. The van der Waals surface area contributed by atoms with E-state index in [1.165, 1.54) is 0 Å². The third-order valence-electron chi connectivity index (χ3n) is 3.71. The molecule has 18 heavy (non-hydrogen) atoms. The Kier molecular flexibility index (Phi) is 4.54. The number of methoxy groups -OCH3 is 1. The van der Waals surface area contributed by atoms with Crippen molar-refractivity contribution in [2.75, 3.05) is 7.11 Å². The Bertz CT molecular complexity index is 412. The monoisotopic (exact) mass is 288 g/mol. The van der Waals surface area contributed by atoms with Crippen LogP contribution >= 0.6 is 23.2 Å². The van der Waals surface area contributed by atoms with Gasteiger partial charge in [-0.05, 0) is 43.4 Å². The maximum Gasteiger partial charge on any atom is 0.0689 e. The Hall–Kier alpha value is -0.280. The van der Waals surface area contributed by atoms with Gasteiger partial charge in [-0.15, -0.1) is 0 Å². The van der Waals surface area contributed by atoms with E-state index in [4.69, 9.17) is 27.9 Å². The van der Waals surface area contributed by atoms with Gasteiger partial charge in [0.15, 0.2) is 0 Å². The Morgan fingerprint density at radius 1 is 1.28 bits per heavy atom. The van der Waals surface area contributed by atoms with Crippen LogP contribution in [0.15, 0.2) is 18.2 Å². The number of ether oxygens (including phenoxy) is 1. The first-order valence-corrected chi connectivity index (χ1v) is 6.97. The average Bonchev–Trinajstić information content (AvgIpc) is 2.35. The lowest BCUT2D eigenvalue weighted by atomic mass is 9.79. The zero-order chi connectivity index (χ0) is 13.2. The van der Waals surface area contributed by atoms with Crippen LogP contribution in [-0.4, -0.2) is 23.9 Å². The molecule has 0 spiro atoms. The number of hydrogen-bond acceptors (Lipinski definition) is 2. The highest BCUT2D eigenvalue weighted by molar-refractivity contribution is 6.42. The molecule has 0 bridgehead atoms. The molecule has 0 aliphatic heterocycles. The first-order valence-electron chi connectivity index (χ1n) is 6.21. The molecule has 1 saturated carbocycles. The fourth-order valence-corrected chi connectivity index (χ4v) is 2.89. The highest BCUT2D eigenvalue weighted by atomic mass is 35.5. The number of hydrogen-bond donors (Lipinski definition) is 1. The van der Waals surface area contributed by atoms with Crippen molar-refractivity contribution in [3.8, 4) is 0 Å². The Labute approximate surface area is 118 Å². The van der Waals surface area contributed by atoms with E-state index in [1.54, 1.807) is 13.2 Å². The zero-order valence-corrected chi connectivity index (χ0v) is 12.0. The van der Waals surface area contributed by atoms with Gasteiger partial charge in [-0.25, -0.2) is 0 Å². The molecule has 1 aliphatic rings. The molecule has 0 unspecified atom stereocenters. The molecule has 1 aromatic rings. The SMILES string of the molecule is COC1CCC(O)(Cc2ccc(Cl)c(Cl)c2)CC1. The largest absolute Gasteiger partial charge is 0.390 e. The quantitative estimate of drug-likeness (QED) is 0.915. The van der Waals surface area contributed by atoms with E-state index in [9.17, 15) is 5.11 Å². The predicted octanol–water partition coefficient (Wildman–Crippen LogP) is 3.86. The van der Waals surface area contributed by atoms with Gasteiger partial charge in [0.05, 0.1) is 21.8 Å². The average molecular weight is 289 g/mol. The first kappa shape index (κ1) is 14.1. The lowest BCUT2D eigenvalue weighted by Gasteiger charge is -2.35. The summed E-state index contributed by atoms with van der Waals surface area (Å²) in [6.45, 7) is 0. The topological polar surface area (TPSA) is 29.5 Å². The van der Waals surface area contributed by atoms with Gasteiger partial charge in [-0.2, -0.15) is 0 Å². The summed E-state index contributed by atoms with van der Waals surface area (Å²) in [7, 11) is 1.73. The molecule has 0 heterocycles. The molecular weight excluding hydrogens is 271 g/mol. The predicted molar refractivity (Wildman–Crippen MR) is 74.4 cm³/mol. The molecule has 0 amide bonds. The van der Waals surface area contributed by atoms with Crippen molar-refractivity contribution >= 4 is 23.2 Å². The van der Waals surface area contributed by atoms with E-state index in [0.717, 1.165) is 31.2 Å². The summed E-state index contributed by atoms with van der Waals surface area (Å²) in [6.07, 6.45) is 4.28. The van der Waals surface area contributed by atoms with Gasteiger partial charge in [-0.1, -0.05) is 29.3 Å². The van der Waals surface area contributed by atoms with Crippen LogP contribution in [0.1, 0.15) is 31.2 Å². The minimum atomic E-state index is -0.633. The van der Waals surface area contributed by atoms with Crippen molar-refractivity contribution in [3.05, 3.63) is 33.8 Å². The molecule has 1 N–H and O–H groups in total. The highest BCUT2D eigenvalue weighted by Crippen LogP contribution is 2.33. The normalized spacial score (nSPS) is 28.3. The minimum Gasteiger partial charge on any atom is -0.390 e. The maximum absolute atomic E-state index is 10.6. The summed E-state index contributed by atoms with van der Waals surface area (Å²) < 4.78 is 5.32. The smallest absolute Gasteiger partial charge is 0.0689 e. The summed E-state index contributed by atoms with van der Waals surface area (Å²) >= 11 is 11.9. The van der Waals surface area contributed by atoms with Crippen molar-refractivity contribution in [1.29, 1.82) is 0 Å². The van der Waals surface area contributed by atoms with Crippen molar-refractivity contribution in [2.24, 2.45) is 0 Å². The second-order valence-electron chi connectivity index (χ2n) is 5.08. The fraction of sp³-hybridized carbons (Fsp3) is 0.571. The van der Waals surface area contributed by atoms with Crippen LogP contribution in [0.2, 0.25) is 10.0 Å². The van der Waals surface area contributed by atoms with Crippen molar-refractivity contribution in [2.45, 2.75) is 43.8 Å². The molecular formula is C14H18Cl2O2. The zero-order valence-electron chi connectivity index (χ0n) is 10.5. The molecule has 2 nitrogen and oxygen atoms in total. The summed E-state index contributed by atoms with van der Waals surface area (Å²) in [4.78, 5) is 0. The van der Waals surface area contributed by atoms with E-state index in [-0.39, 0.29) is 0 Å². The van der Waals surface area contributed by atoms with E-state index < -0.39 is 5.60 Å². The number of rotatable bonds is 3. The molecule has 2 rings (SSSR count). The molecule has 1 aliphatic carbocycles. The second kappa shape index (κ2) is 5.79. The van der Waals surface area contributed by atoms with E-state index in [2.05, 4.69) is 0 Å². The molecule has 0 radical (unpaired) electrons. The third-order valence-corrected chi connectivity index (χ3v) is 4.45. The van der Waals surface area contributed by atoms with Crippen LogP contribution in [0, 0.1) is 0 Å². The number of aliphatic hydroxyl groups is 1. The van der Waals surface area contributed by atoms with Gasteiger partial charge in [-0.3, -0.25) is 0 Å². The van der Waals surface area contributed by atoms with Crippen molar-refractivity contribution in [1.82, 2.24) is 0 Å². The van der Waals surface area contributed by atoms with Crippen LogP contribution in [0.25, 0.3) is 0 Å². The van der Waals surface area contributed by atoms with Crippen molar-refractivity contribution in [3.63, 3.8) is 0 Å². The second-order valence-corrected chi connectivity index (χ2v) is 5.90. The van der Waals surface area contributed by atoms with Crippen LogP contribution < -0.4 is 0 Å². The van der Waals surface area contributed by atoms with Crippen molar-refractivity contribution < 1.29 is 9.84 Å². The van der Waals surface area contributed by atoms with Crippen LogP contribution in [0.3, 0.4) is 0 Å². The summed E-state index contributed by atoms with van der Waals surface area (Å²) in [5.41, 5.74) is 0.398. The third kappa shape index (κ3) is 3.39. The summed E-state index contributed by atoms with van der Waals surface area (Å²) in [5, 5.41) is 11.7. The Morgan fingerprint density at radius 3 is 2.50 bits per heavy atom. The van der Waals surface area contributed by atoms with E-state index >= 15 is 0 Å². The van der Waals surface area contributed by atoms with Gasteiger partial charge >= 0.3 is 0 Å². The fourth-order valence-electron chi connectivity index (χ4n) is 2.57. The van der Waals surface area contributed by atoms with Crippen LogP contribution in [-0.2, 0) is 11.2 Å². The maximum atomic E-state index is 10.6. The number of halogens is 2. The summed E-state index contributed by atoms with van der Waals surface area (Å²) in [5.74, 6) is 0. The molecule has 0 aromatic heterocycles. The van der Waals surface area contributed by atoms with Gasteiger partial charge < -0.3 is 9.84 Å². The highest BCUT2D eigenvalue weighted by Gasteiger charge is 2.33. The van der Waals surface area contributed by atoms with Gasteiger partial charge in [0, 0.05) is 13.5 Å². The number of benzene rings is 1. The standard InChI is InChI=1S/C14H18Cl2O2/c1-18-11-4-6-14(17,7-5-11)9-10-2-3-12(15)13(16)8-10/h2-3,8,11,17H,4-7,9H2,1H3. The Morgan fingerprint density at radius 2 is 1.94 bits per heavy atom. The van der Waals surface area contributed by atoms with Gasteiger partial charge in [0.25, 0.3) is 0 Å². The molecule has 4 heteroatoms. The van der Waals surface area contributed by atoms with Gasteiger partial charge in [0.1, 0.15) is 0 Å². The van der Waals surface area contributed by atoms with Crippen LogP contribution in [0.4, 0.5) is 0 Å². The first-order chi connectivity index (χ1) is 8.52. The minimum absolute atomic E-state index is 0.291. The molecule has 0 atom stereocenters. The molecule has 1 fully saturated rings.